The van der Waals surface area contributed by atoms with Crippen molar-refractivity contribution in [2.24, 2.45) is 0 Å². The molecule has 5 heteroatoms. The van der Waals surface area contributed by atoms with E-state index < -0.39 is 0 Å². The molecule has 0 bridgehead atoms. The second-order valence-electron chi connectivity index (χ2n) is 4.85. The number of benzene rings is 1. The second kappa shape index (κ2) is 8.55. The number of carbonyl (C=O) groups excluding carboxylic acids is 1. The van der Waals surface area contributed by atoms with Gasteiger partial charge in [0, 0.05) is 32.8 Å². The summed E-state index contributed by atoms with van der Waals surface area (Å²) in [6, 6.07) is 10.4. The quantitative estimate of drug-likeness (QED) is 0.667. The van der Waals surface area contributed by atoms with Gasteiger partial charge in [0.15, 0.2) is 0 Å². The summed E-state index contributed by atoms with van der Waals surface area (Å²) < 4.78 is 5.53. The van der Waals surface area contributed by atoms with E-state index in [4.69, 9.17) is 4.74 Å². The molecule has 20 heavy (non-hydrogen) atoms. The van der Waals surface area contributed by atoms with E-state index in [1.807, 2.05) is 6.07 Å². The Bertz CT molecular complexity index is 397. The van der Waals surface area contributed by atoms with Gasteiger partial charge in [-0.25, -0.2) is 4.79 Å². The Morgan fingerprint density at radius 2 is 2.10 bits per heavy atom. The standard InChI is InChI=1S/C15H23N3O2/c19-15-17-8-9-18(15)10-12-20-11-4-7-16-13-14-5-2-1-3-6-14/h1-3,5-6,16H,4,7-13H2,(H,17,19). The monoisotopic (exact) mass is 277 g/mol. The van der Waals surface area contributed by atoms with Gasteiger partial charge in [0.05, 0.1) is 6.61 Å². The highest BCUT2D eigenvalue weighted by Crippen LogP contribution is 1.97. The molecule has 5 nitrogen and oxygen atoms in total. The molecule has 1 fully saturated rings. The first-order valence-electron chi connectivity index (χ1n) is 7.21. The van der Waals surface area contributed by atoms with Crippen LogP contribution in [0.1, 0.15) is 12.0 Å². The highest BCUT2D eigenvalue weighted by atomic mass is 16.5. The van der Waals surface area contributed by atoms with Crippen molar-refractivity contribution in [3.05, 3.63) is 35.9 Å². The molecule has 1 aromatic rings. The Morgan fingerprint density at radius 1 is 1.25 bits per heavy atom. The number of hydrogen-bond donors (Lipinski definition) is 2. The number of ether oxygens (including phenoxy) is 1. The van der Waals surface area contributed by atoms with Crippen LogP contribution >= 0.6 is 0 Å². The number of carbonyl (C=O) groups is 1. The number of rotatable bonds is 9. The molecule has 0 unspecified atom stereocenters. The first kappa shape index (κ1) is 14.8. The van der Waals surface area contributed by atoms with Crippen LogP contribution in [0.5, 0.6) is 0 Å². The maximum atomic E-state index is 11.3. The van der Waals surface area contributed by atoms with Gasteiger partial charge in [0.1, 0.15) is 0 Å². The third-order valence-corrected chi connectivity index (χ3v) is 3.26. The van der Waals surface area contributed by atoms with E-state index >= 15 is 0 Å². The van der Waals surface area contributed by atoms with Crippen molar-refractivity contribution in [3.63, 3.8) is 0 Å². The largest absolute Gasteiger partial charge is 0.380 e. The third-order valence-electron chi connectivity index (χ3n) is 3.26. The molecule has 0 aliphatic carbocycles. The maximum Gasteiger partial charge on any atom is 0.317 e. The van der Waals surface area contributed by atoms with E-state index in [2.05, 4.69) is 34.9 Å². The van der Waals surface area contributed by atoms with Crippen molar-refractivity contribution in [1.29, 1.82) is 0 Å². The van der Waals surface area contributed by atoms with Crippen LogP contribution in [-0.4, -0.2) is 50.3 Å². The lowest BCUT2D eigenvalue weighted by Gasteiger charge is -2.13. The fraction of sp³-hybridized carbons (Fsp3) is 0.533. The van der Waals surface area contributed by atoms with Gasteiger partial charge in [-0.2, -0.15) is 0 Å². The first-order valence-corrected chi connectivity index (χ1v) is 7.21. The zero-order valence-corrected chi connectivity index (χ0v) is 11.8. The van der Waals surface area contributed by atoms with Gasteiger partial charge in [0.2, 0.25) is 0 Å². The van der Waals surface area contributed by atoms with Gasteiger partial charge in [-0.05, 0) is 18.5 Å². The Labute approximate surface area is 120 Å². The first-order chi connectivity index (χ1) is 9.86. The smallest absolute Gasteiger partial charge is 0.317 e. The SMILES string of the molecule is O=C1NCCN1CCOCCCNCc1ccccc1. The average Bonchev–Trinajstić information content (AvgIpc) is 2.88. The van der Waals surface area contributed by atoms with Gasteiger partial charge >= 0.3 is 6.03 Å². The van der Waals surface area contributed by atoms with Crippen molar-refractivity contribution in [3.8, 4) is 0 Å². The van der Waals surface area contributed by atoms with E-state index in [0.717, 1.165) is 39.2 Å². The summed E-state index contributed by atoms with van der Waals surface area (Å²) >= 11 is 0. The van der Waals surface area contributed by atoms with Crippen molar-refractivity contribution >= 4 is 6.03 Å². The van der Waals surface area contributed by atoms with E-state index in [1.165, 1.54) is 5.56 Å². The van der Waals surface area contributed by atoms with Crippen LogP contribution in [0.3, 0.4) is 0 Å². The van der Waals surface area contributed by atoms with Gasteiger partial charge in [-0.3, -0.25) is 0 Å². The summed E-state index contributed by atoms with van der Waals surface area (Å²) in [7, 11) is 0. The summed E-state index contributed by atoms with van der Waals surface area (Å²) in [5, 5.41) is 6.16. The molecular formula is C15H23N3O2. The Morgan fingerprint density at radius 3 is 2.85 bits per heavy atom. The van der Waals surface area contributed by atoms with Crippen molar-refractivity contribution in [1.82, 2.24) is 15.5 Å². The normalized spacial score (nSPS) is 14.6. The predicted octanol–water partition coefficient (Wildman–Crippen LogP) is 1.21. The fourth-order valence-corrected chi connectivity index (χ4v) is 2.13. The molecule has 1 aliphatic heterocycles. The summed E-state index contributed by atoms with van der Waals surface area (Å²) in [4.78, 5) is 13.0. The van der Waals surface area contributed by atoms with Crippen molar-refractivity contribution < 1.29 is 9.53 Å². The Hall–Kier alpha value is -1.59. The molecule has 110 valence electrons. The van der Waals surface area contributed by atoms with E-state index in [-0.39, 0.29) is 6.03 Å². The molecule has 0 spiro atoms. The van der Waals surface area contributed by atoms with Gasteiger partial charge in [-0.1, -0.05) is 30.3 Å². The van der Waals surface area contributed by atoms with Crippen LogP contribution in [0, 0.1) is 0 Å². The van der Waals surface area contributed by atoms with Crippen molar-refractivity contribution in [2.75, 3.05) is 39.4 Å². The number of nitrogens with one attached hydrogen (secondary N) is 2. The lowest BCUT2D eigenvalue weighted by molar-refractivity contribution is 0.113. The average molecular weight is 277 g/mol. The summed E-state index contributed by atoms with van der Waals surface area (Å²) in [5.74, 6) is 0. The fourth-order valence-electron chi connectivity index (χ4n) is 2.13. The summed E-state index contributed by atoms with van der Waals surface area (Å²) in [6.07, 6.45) is 0.985. The van der Waals surface area contributed by atoms with Crippen LogP contribution in [0.4, 0.5) is 4.79 Å². The van der Waals surface area contributed by atoms with Crippen LogP contribution in [0.25, 0.3) is 0 Å². The van der Waals surface area contributed by atoms with Gasteiger partial charge in [0.25, 0.3) is 0 Å². The molecule has 1 aromatic carbocycles. The third kappa shape index (κ3) is 5.19. The van der Waals surface area contributed by atoms with Crippen LogP contribution < -0.4 is 10.6 Å². The Balaban J connectivity index is 1.41. The summed E-state index contributed by atoms with van der Waals surface area (Å²) in [6.45, 7) is 5.42. The number of nitrogens with zero attached hydrogens (tertiary/aromatic N) is 1. The lowest BCUT2D eigenvalue weighted by atomic mass is 10.2. The lowest BCUT2D eigenvalue weighted by Crippen LogP contribution is -2.31. The summed E-state index contributed by atoms with van der Waals surface area (Å²) in [5.41, 5.74) is 1.30. The topological polar surface area (TPSA) is 53.6 Å². The number of urea groups is 1. The minimum atomic E-state index is 0.0260. The molecule has 0 radical (unpaired) electrons. The van der Waals surface area contributed by atoms with Crippen LogP contribution in [0.2, 0.25) is 0 Å². The highest BCUT2D eigenvalue weighted by Gasteiger charge is 2.18. The van der Waals surface area contributed by atoms with Crippen LogP contribution in [-0.2, 0) is 11.3 Å². The molecule has 1 heterocycles. The zero-order valence-electron chi connectivity index (χ0n) is 11.8. The van der Waals surface area contributed by atoms with E-state index in [1.54, 1.807) is 4.90 Å². The second-order valence-corrected chi connectivity index (χ2v) is 4.85. The zero-order chi connectivity index (χ0) is 14.0. The molecule has 2 N–H and O–H groups in total. The minimum absolute atomic E-state index is 0.0260. The molecule has 0 saturated carbocycles. The molecule has 0 aromatic heterocycles. The molecule has 1 saturated heterocycles. The predicted molar refractivity (Wildman–Crippen MR) is 78.6 cm³/mol. The molecule has 0 atom stereocenters. The van der Waals surface area contributed by atoms with Crippen molar-refractivity contribution in [2.45, 2.75) is 13.0 Å². The van der Waals surface area contributed by atoms with Crippen LogP contribution in [0.15, 0.2) is 30.3 Å². The molecule has 2 amide bonds. The van der Waals surface area contributed by atoms with Gasteiger partial charge < -0.3 is 20.3 Å². The number of hydrogen-bond acceptors (Lipinski definition) is 3. The number of amides is 2. The maximum absolute atomic E-state index is 11.3. The minimum Gasteiger partial charge on any atom is -0.380 e. The van der Waals surface area contributed by atoms with Gasteiger partial charge in [-0.15, -0.1) is 0 Å². The highest BCUT2D eigenvalue weighted by molar-refractivity contribution is 5.76. The molecule has 1 aliphatic rings. The molecular weight excluding hydrogens is 254 g/mol. The Kier molecular flexibility index (Phi) is 6.34. The van der Waals surface area contributed by atoms with E-state index in [9.17, 15) is 4.79 Å². The van der Waals surface area contributed by atoms with E-state index in [0.29, 0.717) is 13.2 Å². The molecule has 2 rings (SSSR count).